The molecule has 6 heteroatoms. The molecule has 20 heavy (non-hydrogen) atoms. The van der Waals surface area contributed by atoms with E-state index in [1.807, 2.05) is 26.4 Å². The summed E-state index contributed by atoms with van der Waals surface area (Å²) in [6, 6.07) is -0.124. The van der Waals surface area contributed by atoms with Crippen molar-refractivity contribution in [3.05, 3.63) is 18.0 Å². The Kier molecular flexibility index (Phi) is 6.01. The van der Waals surface area contributed by atoms with E-state index in [9.17, 15) is 9.90 Å². The maximum Gasteiger partial charge on any atom is 0.317 e. The molecule has 1 rings (SSSR count). The number of likely N-dealkylation sites (N-methyl/N-ethyl adjacent to an activating group) is 1. The van der Waals surface area contributed by atoms with Crippen LogP contribution in [-0.2, 0) is 13.5 Å². The fraction of sp³-hybridized carbons (Fsp3) is 0.714. The van der Waals surface area contributed by atoms with Crippen LogP contribution in [0.15, 0.2) is 12.4 Å². The molecule has 0 saturated heterocycles. The van der Waals surface area contributed by atoms with Crippen molar-refractivity contribution in [2.24, 2.45) is 7.05 Å². The second-order valence-corrected chi connectivity index (χ2v) is 5.68. The standard InChI is InChI=1S/C14H26N4O2/c1-5-18(11-14(2,3)20)13(19)15-8-6-7-12-9-16-17(4)10-12/h9-10,20H,5-8,11H2,1-4H3,(H,15,19). The molecule has 0 spiro atoms. The van der Waals surface area contributed by atoms with Crippen molar-refractivity contribution < 1.29 is 9.90 Å². The molecule has 0 aromatic carbocycles. The maximum absolute atomic E-state index is 12.0. The van der Waals surface area contributed by atoms with E-state index in [-0.39, 0.29) is 6.03 Å². The first-order valence-electron chi connectivity index (χ1n) is 7.04. The molecule has 0 radical (unpaired) electrons. The summed E-state index contributed by atoms with van der Waals surface area (Å²) in [5, 5.41) is 16.7. The second kappa shape index (κ2) is 7.28. The van der Waals surface area contributed by atoms with Crippen LogP contribution in [0.4, 0.5) is 4.79 Å². The highest BCUT2D eigenvalue weighted by atomic mass is 16.3. The normalized spacial score (nSPS) is 11.4. The topological polar surface area (TPSA) is 70.4 Å². The predicted octanol–water partition coefficient (Wildman–Crippen LogP) is 1.16. The summed E-state index contributed by atoms with van der Waals surface area (Å²) in [6.45, 7) is 6.84. The molecule has 114 valence electrons. The quantitative estimate of drug-likeness (QED) is 0.737. The van der Waals surface area contributed by atoms with Crippen molar-refractivity contribution in [1.82, 2.24) is 20.0 Å². The van der Waals surface area contributed by atoms with Gasteiger partial charge in [-0.2, -0.15) is 5.10 Å². The molecular formula is C14H26N4O2. The van der Waals surface area contributed by atoms with Gasteiger partial charge in [-0.3, -0.25) is 4.68 Å². The van der Waals surface area contributed by atoms with Crippen LogP contribution in [0.3, 0.4) is 0 Å². The number of nitrogens with one attached hydrogen (secondary N) is 1. The Hall–Kier alpha value is -1.56. The molecular weight excluding hydrogens is 256 g/mol. The zero-order valence-electron chi connectivity index (χ0n) is 12.9. The van der Waals surface area contributed by atoms with Crippen molar-refractivity contribution in [1.29, 1.82) is 0 Å². The Balaban J connectivity index is 2.27. The number of hydrogen-bond acceptors (Lipinski definition) is 3. The molecule has 0 unspecified atom stereocenters. The number of aliphatic hydroxyl groups is 1. The van der Waals surface area contributed by atoms with E-state index in [1.165, 1.54) is 5.56 Å². The van der Waals surface area contributed by atoms with Crippen LogP contribution in [0.5, 0.6) is 0 Å². The van der Waals surface area contributed by atoms with E-state index in [1.54, 1.807) is 23.4 Å². The smallest absolute Gasteiger partial charge is 0.317 e. The molecule has 1 aromatic heterocycles. The molecule has 1 aromatic rings. The number of hydrogen-bond donors (Lipinski definition) is 2. The van der Waals surface area contributed by atoms with Crippen LogP contribution in [0, 0.1) is 0 Å². The van der Waals surface area contributed by atoms with Crippen LogP contribution in [0.2, 0.25) is 0 Å². The number of nitrogens with zero attached hydrogens (tertiary/aromatic N) is 3. The average molecular weight is 282 g/mol. The van der Waals surface area contributed by atoms with Gasteiger partial charge in [0.05, 0.1) is 18.3 Å². The van der Waals surface area contributed by atoms with E-state index in [2.05, 4.69) is 10.4 Å². The summed E-state index contributed by atoms with van der Waals surface area (Å²) in [6.07, 6.45) is 5.59. The van der Waals surface area contributed by atoms with Gasteiger partial charge in [-0.1, -0.05) is 0 Å². The number of urea groups is 1. The van der Waals surface area contributed by atoms with Gasteiger partial charge < -0.3 is 15.3 Å². The molecule has 0 atom stereocenters. The van der Waals surface area contributed by atoms with E-state index in [0.717, 1.165) is 12.8 Å². The molecule has 0 bridgehead atoms. The van der Waals surface area contributed by atoms with E-state index < -0.39 is 5.60 Å². The lowest BCUT2D eigenvalue weighted by molar-refractivity contribution is 0.0480. The number of aromatic nitrogens is 2. The Morgan fingerprint density at radius 2 is 2.25 bits per heavy atom. The predicted molar refractivity (Wildman–Crippen MR) is 78.5 cm³/mol. The first-order chi connectivity index (χ1) is 9.31. The van der Waals surface area contributed by atoms with Gasteiger partial charge in [-0.25, -0.2) is 4.79 Å². The van der Waals surface area contributed by atoms with Gasteiger partial charge in [0.1, 0.15) is 0 Å². The number of amides is 2. The largest absolute Gasteiger partial charge is 0.389 e. The van der Waals surface area contributed by atoms with Crippen LogP contribution in [-0.4, -0.2) is 51.1 Å². The van der Waals surface area contributed by atoms with Crippen molar-refractivity contribution in [2.75, 3.05) is 19.6 Å². The van der Waals surface area contributed by atoms with Crippen molar-refractivity contribution >= 4 is 6.03 Å². The third-order valence-corrected chi connectivity index (χ3v) is 2.92. The van der Waals surface area contributed by atoms with E-state index in [0.29, 0.717) is 19.6 Å². The highest BCUT2D eigenvalue weighted by Crippen LogP contribution is 2.05. The average Bonchev–Trinajstić information content (AvgIpc) is 2.76. The van der Waals surface area contributed by atoms with Crippen molar-refractivity contribution in [3.63, 3.8) is 0 Å². The fourth-order valence-electron chi connectivity index (χ4n) is 1.99. The lowest BCUT2D eigenvalue weighted by atomic mass is 10.1. The van der Waals surface area contributed by atoms with Gasteiger partial charge in [-0.05, 0) is 39.2 Å². The Morgan fingerprint density at radius 1 is 1.55 bits per heavy atom. The summed E-state index contributed by atoms with van der Waals surface area (Å²) >= 11 is 0. The Bertz CT molecular complexity index is 423. The third-order valence-electron chi connectivity index (χ3n) is 2.92. The molecule has 2 amide bonds. The molecule has 0 aliphatic rings. The van der Waals surface area contributed by atoms with Gasteiger partial charge in [0, 0.05) is 26.3 Å². The van der Waals surface area contributed by atoms with Gasteiger partial charge in [0.15, 0.2) is 0 Å². The summed E-state index contributed by atoms with van der Waals surface area (Å²) in [4.78, 5) is 13.6. The van der Waals surface area contributed by atoms with Crippen molar-refractivity contribution in [3.8, 4) is 0 Å². The minimum atomic E-state index is -0.872. The van der Waals surface area contributed by atoms with E-state index >= 15 is 0 Å². The molecule has 0 aliphatic heterocycles. The fourth-order valence-corrected chi connectivity index (χ4v) is 1.99. The van der Waals surface area contributed by atoms with Crippen LogP contribution in [0.25, 0.3) is 0 Å². The van der Waals surface area contributed by atoms with Crippen LogP contribution < -0.4 is 5.32 Å². The molecule has 2 N–H and O–H groups in total. The number of rotatable bonds is 7. The number of carbonyl (C=O) groups excluding carboxylic acids is 1. The lowest BCUT2D eigenvalue weighted by Gasteiger charge is -2.28. The summed E-state index contributed by atoms with van der Waals surface area (Å²) < 4.78 is 1.77. The van der Waals surface area contributed by atoms with Gasteiger partial charge in [-0.15, -0.1) is 0 Å². The Labute approximate surface area is 120 Å². The minimum Gasteiger partial charge on any atom is -0.389 e. The first kappa shape index (κ1) is 16.5. The third kappa shape index (κ3) is 6.06. The molecule has 1 heterocycles. The zero-order chi connectivity index (χ0) is 15.2. The SMILES string of the molecule is CCN(CC(C)(C)O)C(=O)NCCCc1cnn(C)c1. The summed E-state index contributed by atoms with van der Waals surface area (Å²) in [5.74, 6) is 0. The molecule has 6 nitrogen and oxygen atoms in total. The monoisotopic (exact) mass is 282 g/mol. The second-order valence-electron chi connectivity index (χ2n) is 5.68. The minimum absolute atomic E-state index is 0.124. The van der Waals surface area contributed by atoms with Gasteiger partial charge in [0.25, 0.3) is 0 Å². The first-order valence-corrected chi connectivity index (χ1v) is 7.04. The molecule has 0 fully saturated rings. The van der Waals surface area contributed by atoms with Crippen LogP contribution >= 0.6 is 0 Å². The number of aryl methyl sites for hydroxylation is 2. The van der Waals surface area contributed by atoms with Crippen molar-refractivity contribution in [2.45, 2.75) is 39.2 Å². The molecule has 0 aliphatic carbocycles. The van der Waals surface area contributed by atoms with Gasteiger partial charge >= 0.3 is 6.03 Å². The molecule has 0 saturated carbocycles. The highest BCUT2D eigenvalue weighted by Gasteiger charge is 2.20. The summed E-state index contributed by atoms with van der Waals surface area (Å²) in [5.41, 5.74) is 0.300. The maximum atomic E-state index is 12.0. The summed E-state index contributed by atoms with van der Waals surface area (Å²) in [7, 11) is 1.89. The zero-order valence-corrected chi connectivity index (χ0v) is 12.9. The highest BCUT2D eigenvalue weighted by molar-refractivity contribution is 5.74. The Morgan fingerprint density at radius 3 is 2.75 bits per heavy atom. The number of carbonyl (C=O) groups is 1. The van der Waals surface area contributed by atoms with Crippen LogP contribution in [0.1, 0.15) is 32.8 Å². The van der Waals surface area contributed by atoms with E-state index in [4.69, 9.17) is 0 Å². The lowest BCUT2D eigenvalue weighted by Crippen LogP contribution is -2.47. The van der Waals surface area contributed by atoms with Gasteiger partial charge in [0.2, 0.25) is 0 Å².